The van der Waals surface area contributed by atoms with Gasteiger partial charge < -0.3 is 45.3 Å². The molecule has 332 valence electrons. The van der Waals surface area contributed by atoms with Gasteiger partial charge in [0.05, 0.1) is 73.9 Å². The van der Waals surface area contributed by atoms with Crippen LogP contribution in [0.3, 0.4) is 0 Å². The van der Waals surface area contributed by atoms with Gasteiger partial charge >= 0.3 is 5.97 Å². The lowest BCUT2D eigenvalue weighted by molar-refractivity contribution is -0.144. The van der Waals surface area contributed by atoms with Gasteiger partial charge in [-0.15, -0.1) is 0 Å². The van der Waals surface area contributed by atoms with Crippen molar-refractivity contribution in [1.82, 2.24) is 20.9 Å². The lowest BCUT2D eigenvalue weighted by atomic mass is 9.81. The summed E-state index contributed by atoms with van der Waals surface area (Å²) in [6.07, 6.45) is 5.70. The standard InChI is InChI=1S/C42H53Cl2N5O12/c43-31-4-3-5-32(44)38(31)39(54)47-30-8-6-29(7-9-30)28-33(40(55)56)48-41(57)42(14-1-2-15-42)16-17-45-35(51)13-20-58-22-24-60-26-27-61-25-23-59-21-18-46-34(50)12-19-49-36(52)10-11-37(49)53/h3-11,33H,1-2,12-28H2,(H,45,51)(H,46,50)(H,47,54)(H,48,57)(H,55,56). The second kappa shape index (κ2) is 25.8. The third-order valence-corrected chi connectivity index (χ3v) is 10.7. The molecule has 5 N–H and O–H groups in total. The van der Waals surface area contributed by atoms with Crippen molar-refractivity contribution >= 4 is 70.3 Å². The number of rotatable bonds is 28. The number of imide groups is 1. The van der Waals surface area contributed by atoms with E-state index in [0.717, 1.165) is 17.7 Å². The van der Waals surface area contributed by atoms with Crippen LogP contribution in [-0.2, 0) is 54.1 Å². The minimum Gasteiger partial charge on any atom is -0.480 e. The monoisotopic (exact) mass is 889 g/mol. The predicted octanol–water partition coefficient (Wildman–Crippen LogP) is 3.31. The molecule has 17 nitrogen and oxygen atoms in total. The highest BCUT2D eigenvalue weighted by atomic mass is 35.5. The smallest absolute Gasteiger partial charge is 0.326 e. The van der Waals surface area contributed by atoms with E-state index in [1.54, 1.807) is 42.5 Å². The fraction of sp³-hybridized carbons (Fsp3) is 0.500. The molecule has 0 radical (unpaired) electrons. The van der Waals surface area contributed by atoms with Gasteiger partial charge in [-0.3, -0.25) is 33.7 Å². The van der Waals surface area contributed by atoms with Gasteiger partial charge in [0.1, 0.15) is 6.04 Å². The fourth-order valence-corrected chi connectivity index (χ4v) is 7.26. The van der Waals surface area contributed by atoms with Gasteiger partial charge in [0, 0.05) is 56.7 Å². The molecule has 2 aromatic rings. The lowest BCUT2D eigenvalue weighted by Gasteiger charge is -2.29. The van der Waals surface area contributed by atoms with Crippen molar-refractivity contribution in [2.45, 2.75) is 57.4 Å². The number of nitrogens with one attached hydrogen (secondary N) is 4. The van der Waals surface area contributed by atoms with Crippen molar-refractivity contribution in [2.24, 2.45) is 5.41 Å². The van der Waals surface area contributed by atoms with Crippen molar-refractivity contribution < 1.29 is 57.6 Å². The molecule has 0 spiro atoms. The molecule has 0 bridgehead atoms. The van der Waals surface area contributed by atoms with Gasteiger partial charge in [0.15, 0.2) is 0 Å². The number of nitrogens with zero attached hydrogens (tertiary/aromatic N) is 1. The largest absolute Gasteiger partial charge is 0.480 e. The maximum atomic E-state index is 13.6. The second-order valence-corrected chi connectivity index (χ2v) is 15.2. The molecule has 6 amide bonds. The Kier molecular flexibility index (Phi) is 20.6. The summed E-state index contributed by atoms with van der Waals surface area (Å²) in [4.78, 5) is 86.9. The van der Waals surface area contributed by atoms with E-state index in [0.29, 0.717) is 63.5 Å². The Morgan fingerprint density at radius 2 is 1.26 bits per heavy atom. The molecule has 1 fully saturated rings. The Labute approximate surface area is 364 Å². The zero-order chi connectivity index (χ0) is 44.0. The Morgan fingerprint density at radius 3 is 1.85 bits per heavy atom. The first-order valence-electron chi connectivity index (χ1n) is 20.1. The predicted molar refractivity (Wildman–Crippen MR) is 224 cm³/mol. The Morgan fingerprint density at radius 1 is 0.721 bits per heavy atom. The van der Waals surface area contributed by atoms with Gasteiger partial charge in [-0.25, -0.2) is 4.79 Å². The number of hydrogen-bond donors (Lipinski definition) is 5. The lowest BCUT2D eigenvalue weighted by Crippen LogP contribution is -2.49. The van der Waals surface area contributed by atoms with E-state index >= 15 is 0 Å². The Bertz CT molecular complexity index is 1820. The first-order chi connectivity index (χ1) is 29.4. The minimum atomic E-state index is -1.18. The second-order valence-electron chi connectivity index (χ2n) is 14.4. The summed E-state index contributed by atoms with van der Waals surface area (Å²) in [5.74, 6) is -3.37. The number of carbonyl (C=O) groups is 7. The molecule has 1 saturated carbocycles. The quantitative estimate of drug-likeness (QED) is 0.0613. The summed E-state index contributed by atoms with van der Waals surface area (Å²) in [6, 6.07) is 10.2. The first-order valence-corrected chi connectivity index (χ1v) is 20.9. The van der Waals surface area contributed by atoms with Gasteiger partial charge in [0.2, 0.25) is 17.7 Å². The Balaban J connectivity index is 1.01. The third-order valence-electron chi connectivity index (χ3n) is 10.0. The highest BCUT2D eigenvalue weighted by molar-refractivity contribution is 6.40. The average molecular weight is 891 g/mol. The molecular weight excluding hydrogens is 837 g/mol. The molecule has 1 atom stereocenters. The number of amides is 6. The summed E-state index contributed by atoms with van der Waals surface area (Å²) in [5.41, 5.74) is 0.443. The summed E-state index contributed by atoms with van der Waals surface area (Å²) in [5, 5.41) is 21.4. The number of hydrogen-bond acceptors (Lipinski definition) is 11. The fourth-order valence-electron chi connectivity index (χ4n) is 6.69. The van der Waals surface area contributed by atoms with Crippen LogP contribution in [0.4, 0.5) is 5.69 Å². The number of carboxylic acids is 1. The van der Waals surface area contributed by atoms with E-state index < -0.39 is 35.1 Å². The van der Waals surface area contributed by atoms with Crippen molar-refractivity contribution in [3.8, 4) is 0 Å². The molecule has 4 rings (SSSR count). The molecule has 0 aromatic heterocycles. The van der Waals surface area contributed by atoms with Gasteiger partial charge in [-0.05, 0) is 49.1 Å². The van der Waals surface area contributed by atoms with Crippen LogP contribution in [0.2, 0.25) is 10.0 Å². The maximum absolute atomic E-state index is 13.6. The van der Waals surface area contributed by atoms with Crippen LogP contribution in [0.25, 0.3) is 0 Å². The zero-order valence-electron chi connectivity index (χ0n) is 33.8. The van der Waals surface area contributed by atoms with E-state index in [1.165, 1.54) is 12.2 Å². The zero-order valence-corrected chi connectivity index (χ0v) is 35.4. The number of halogens is 2. The van der Waals surface area contributed by atoms with Crippen LogP contribution in [0, 0.1) is 5.41 Å². The number of carboxylic acid groups (broad SMARTS) is 1. The van der Waals surface area contributed by atoms with E-state index in [4.69, 9.17) is 42.1 Å². The van der Waals surface area contributed by atoms with E-state index in [1.807, 2.05) is 0 Å². The minimum absolute atomic E-state index is 0.0184. The number of anilines is 1. The van der Waals surface area contributed by atoms with Crippen LogP contribution in [0.1, 0.15) is 60.9 Å². The van der Waals surface area contributed by atoms with Crippen LogP contribution >= 0.6 is 23.2 Å². The van der Waals surface area contributed by atoms with Gasteiger partial charge in [0.25, 0.3) is 17.7 Å². The summed E-state index contributed by atoms with van der Waals surface area (Å²) in [6.45, 7) is 3.01. The average Bonchev–Trinajstić information content (AvgIpc) is 3.84. The summed E-state index contributed by atoms with van der Waals surface area (Å²) < 4.78 is 21.8. The molecular formula is C42H53Cl2N5O12. The van der Waals surface area contributed by atoms with E-state index in [9.17, 15) is 38.7 Å². The van der Waals surface area contributed by atoms with Crippen LogP contribution in [-0.4, -0.2) is 130 Å². The van der Waals surface area contributed by atoms with E-state index in [2.05, 4.69) is 21.3 Å². The van der Waals surface area contributed by atoms with Gasteiger partial charge in [-0.2, -0.15) is 0 Å². The highest BCUT2D eigenvalue weighted by Crippen LogP contribution is 2.41. The van der Waals surface area contributed by atoms with Crippen molar-refractivity contribution in [3.63, 3.8) is 0 Å². The van der Waals surface area contributed by atoms with Crippen LogP contribution < -0.4 is 21.3 Å². The normalized spacial score (nSPS) is 14.8. The molecule has 1 aliphatic heterocycles. The molecule has 61 heavy (non-hydrogen) atoms. The molecule has 2 aliphatic rings. The van der Waals surface area contributed by atoms with Crippen molar-refractivity contribution in [3.05, 3.63) is 75.8 Å². The molecule has 2 aromatic carbocycles. The maximum Gasteiger partial charge on any atom is 0.326 e. The Hall–Kier alpha value is -4.91. The van der Waals surface area contributed by atoms with E-state index in [-0.39, 0.29) is 92.0 Å². The molecule has 1 aliphatic carbocycles. The van der Waals surface area contributed by atoms with Crippen molar-refractivity contribution in [2.75, 3.05) is 77.8 Å². The highest BCUT2D eigenvalue weighted by Gasteiger charge is 2.42. The SMILES string of the molecule is O=C(CCOCCOCCOCCOCCNC(=O)CCN1C(=O)C=CC1=O)NCCC1(C(=O)NC(Cc2ccc(NC(=O)c3c(Cl)cccc3Cl)cc2)C(=O)O)CCCC1. The molecule has 0 saturated heterocycles. The number of carbonyl (C=O) groups excluding carboxylic acids is 6. The molecule has 1 unspecified atom stereocenters. The van der Waals surface area contributed by atoms with Gasteiger partial charge in [-0.1, -0.05) is 54.2 Å². The third kappa shape index (κ3) is 16.5. The molecule has 1 heterocycles. The number of benzene rings is 2. The topological polar surface area (TPSA) is 228 Å². The first kappa shape index (κ1) is 48.8. The van der Waals surface area contributed by atoms with Crippen molar-refractivity contribution in [1.29, 1.82) is 0 Å². The van der Waals surface area contributed by atoms with Crippen LogP contribution in [0.5, 0.6) is 0 Å². The molecule has 19 heteroatoms. The summed E-state index contributed by atoms with van der Waals surface area (Å²) >= 11 is 12.3. The number of aliphatic carboxylic acids is 1. The summed E-state index contributed by atoms with van der Waals surface area (Å²) in [7, 11) is 0. The van der Waals surface area contributed by atoms with Crippen LogP contribution in [0.15, 0.2) is 54.6 Å². The number of ether oxygens (including phenoxy) is 4.